The van der Waals surface area contributed by atoms with Crippen LogP contribution in [0.1, 0.15) is 36.5 Å². The monoisotopic (exact) mass is 297 g/mol. The van der Waals surface area contributed by atoms with Crippen LogP contribution in [-0.2, 0) is 9.47 Å². The van der Waals surface area contributed by atoms with Crippen LogP contribution in [0.4, 0.5) is 10.8 Å². The number of hydrogen-bond acceptors (Lipinski definition) is 7. The lowest BCUT2D eigenvalue weighted by Crippen LogP contribution is -2.31. The Hall–Kier alpha value is -1.34. The van der Waals surface area contributed by atoms with Gasteiger partial charge < -0.3 is 20.5 Å². The predicted octanol–water partition coefficient (Wildman–Crippen LogP) is 1.88. The normalized spacial score (nSPS) is 25.6. The molecule has 1 aliphatic carbocycles. The SMILES string of the molecule is CCOC(=O)c1c(N)nsc1NC1CCOC1C1CC1. The van der Waals surface area contributed by atoms with E-state index in [1.54, 1.807) is 6.92 Å². The molecular formula is C13H19N3O3S. The number of anilines is 2. The van der Waals surface area contributed by atoms with Gasteiger partial charge >= 0.3 is 5.97 Å². The molecule has 3 N–H and O–H groups in total. The van der Waals surface area contributed by atoms with E-state index < -0.39 is 5.97 Å². The molecule has 1 saturated heterocycles. The van der Waals surface area contributed by atoms with Gasteiger partial charge in [-0.15, -0.1) is 0 Å². The average Bonchev–Trinajstić information content (AvgIpc) is 3.05. The minimum atomic E-state index is -0.414. The topological polar surface area (TPSA) is 86.5 Å². The van der Waals surface area contributed by atoms with Crippen LogP contribution < -0.4 is 11.1 Å². The van der Waals surface area contributed by atoms with Gasteiger partial charge in [0.2, 0.25) is 0 Å². The van der Waals surface area contributed by atoms with Crippen molar-refractivity contribution in [3.8, 4) is 0 Å². The third-order valence-electron chi connectivity index (χ3n) is 3.74. The van der Waals surface area contributed by atoms with Gasteiger partial charge in [-0.1, -0.05) is 0 Å². The van der Waals surface area contributed by atoms with E-state index in [1.807, 2.05) is 0 Å². The first-order chi connectivity index (χ1) is 9.70. The number of aromatic nitrogens is 1. The van der Waals surface area contributed by atoms with Crippen molar-refractivity contribution >= 4 is 28.3 Å². The van der Waals surface area contributed by atoms with Crippen molar-refractivity contribution in [3.05, 3.63) is 5.56 Å². The number of rotatable bonds is 5. The molecule has 3 rings (SSSR count). The molecule has 2 aliphatic rings. The highest BCUT2D eigenvalue weighted by atomic mass is 32.1. The number of nitrogen functional groups attached to an aromatic ring is 1. The van der Waals surface area contributed by atoms with Gasteiger partial charge in [0.25, 0.3) is 0 Å². The van der Waals surface area contributed by atoms with E-state index in [4.69, 9.17) is 15.2 Å². The quantitative estimate of drug-likeness (QED) is 0.807. The second-order valence-corrected chi connectivity index (χ2v) is 5.98. The van der Waals surface area contributed by atoms with Crippen molar-refractivity contribution in [3.63, 3.8) is 0 Å². The summed E-state index contributed by atoms with van der Waals surface area (Å²) < 4.78 is 14.9. The molecule has 2 unspecified atom stereocenters. The number of nitrogens with zero attached hydrogens (tertiary/aromatic N) is 1. The van der Waals surface area contributed by atoms with Crippen LogP contribution in [0.5, 0.6) is 0 Å². The minimum absolute atomic E-state index is 0.232. The first kappa shape index (κ1) is 13.6. The Morgan fingerprint density at radius 2 is 2.35 bits per heavy atom. The molecule has 0 spiro atoms. The minimum Gasteiger partial charge on any atom is -0.462 e. The summed E-state index contributed by atoms with van der Waals surface area (Å²) in [4.78, 5) is 11.9. The number of ether oxygens (including phenoxy) is 2. The highest BCUT2D eigenvalue weighted by Gasteiger charge is 2.41. The predicted molar refractivity (Wildman–Crippen MR) is 77.0 cm³/mol. The van der Waals surface area contributed by atoms with Gasteiger partial charge in [0.1, 0.15) is 10.6 Å². The lowest BCUT2D eigenvalue weighted by atomic mass is 10.1. The number of hydrogen-bond donors (Lipinski definition) is 2. The molecule has 0 aromatic carbocycles. The standard InChI is InChI=1S/C13H19N3O3S/c1-2-18-13(17)9-11(14)16-20-12(9)15-8-5-6-19-10(8)7-3-4-7/h7-8,10,15H,2-6H2,1H3,(H2,14,16). The molecule has 2 atom stereocenters. The highest BCUT2D eigenvalue weighted by molar-refractivity contribution is 7.11. The molecule has 1 aromatic rings. The van der Waals surface area contributed by atoms with Crippen molar-refractivity contribution in [1.82, 2.24) is 4.37 Å². The van der Waals surface area contributed by atoms with E-state index >= 15 is 0 Å². The fraction of sp³-hybridized carbons (Fsp3) is 0.692. The smallest absolute Gasteiger partial charge is 0.344 e. The van der Waals surface area contributed by atoms with Gasteiger partial charge in [-0.3, -0.25) is 0 Å². The summed E-state index contributed by atoms with van der Waals surface area (Å²) in [5.74, 6) is 0.479. The zero-order valence-corrected chi connectivity index (χ0v) is 12.2. The molecule has 0 bridgehead atoms. The number of nitrogens with one attached hydrogen (secondary N) is 1. The van der Waals surface area contributed by atoms with Crippen LogP contribution in [0.2, 0.25) is 0 Å². The number of carbonyl (C=O) groups is 1. The Bertz CT molecular complexity index is 501. The molecule has 0 amide bonds. The number of carbonyl (C=O) groups excluding carboxylic acids is 1. The maximum absolute atomic E-state index is 11.9. The first-order valence-corrected chi connectivity index (χ1v) is 7.78. The Labute approximate surface area is 121 Å². The lowest BCUT2D eigenvalue weighted by Gasteiger charge is -2.19. The molecule has 6 nitrogen and oxygen atoms in total. The molecular weight excluding hydrogens is 278 g/mol. The van der Waals surface area contributed by atoms with Crippen LogP contribution in [0.25, 0.3) is 0 Å². The second kappa shape index (κ2) is 5.57. The molecule has 110 valence electrons. The molecule has 2 heterocycles. The van der Waals surface area contributed by atoms with E-state index in [2.05, 4.69) is 9.69 Å². The lowest BCUT2D eigenvalue weighted by molar-refractivity contribution is 0.0528. The number of esters is 1. The van der Waals surface area contributed by atoms with E-state index in [9.17, 15) is 4.79 Å². The molecule has 0 radical (unpaired) electrons. The molecule has 20 heavy (non-hydrogen) atoms. The maximum atomic E-state index is 11.9. The summed E-state index contributed by atoms with van der Waals surface area (Å²) in [7, 11) is 0. The number of nitrogens with two attached hydrogens (primary N) is 1. The Kier molecular flexibility index (Phi) is 3.80. The van der Waals surface area contributed by atoms with Crippen LogP contribution in [0.15, 0.2) is 0 Å². The summed E-state index contributed by atoms with van der Waals surface area (Å²) >= 11 is 1.21. The first-order valence-electron chi connectivity index (χ1n) is 7.01. The van der Waals surface area contributed by atoms with Crippen LogP contribution >= 0.6 is 11.5 Å². The maximum Gasteiger partial charge on any atom is 0.344 e. The van der Waals surface area contributed by atoms with Crippen molar-refractivity contribution in [2.24, 2.45) is 5.92 Å². The van der Waals surface area contributed by atoms with E-state index in [-0.39, 0.29) is 18.0 Å². The third-order valence-corrected chi connectivity index (χ3v) is 4.53. The summed E-state index contributed by atoms with van der Waals surface area (Å²) in [6.07, 6.45) is 3.66. The molecule has 1 aliphatic heterocycles. The summed E-state index contributed by atoms with van der Waals surface area (Å²) in [5.41, 5.74) is 6.14. The Morgan fingerprint density at radius 1 is 1.55 bits per heavy atom. The molecule has 1 saturated carbocycles. The van der Waals surface area contributed by atoms with Gasteiger partial charge in [-0.25, -0.2) is 4.79 Å². The van der Waals surface area contributed by atoms with E-state index in [1.165, 1.54) is 24.4 Å². The zero-order valence-electron chi connectivity index (χ0n) is 11.4. The van der Waals surface area contributed by atoms with Crippen molar-refractivity contribution in [2.45, 2.75) is 38.3 Å². The molecule has 1 aromatic heterocycles. The van der Waals surface area contributed by atoms with E-state index in [0.717, 1.165) is 13.0 Å². The van der Waals surface area contributed by atoms with E-state index in [0.29, 0.717) is 23.1 Å². The van der Waals surface area contributed by atoms with Crippen LogP contribution in [0.3, 0.4) is 0 Å². The fourth-order valence-corrected chi connectivity index (χ4v) is 3.39. The average molecular weight is 297 g/mol. The van der Waals surface area contributed by atoms with Gasteiger partial charge in [0.15, 0.2) is 5.82 Å². The summed E-state index contributed by atoms with van der Waals surface area (Å²) in [6, 6.07) is 0.232. The summed E-state index contributed by atoms with van der Waals surface area (Å²) in [6.45, 7) is 2.86. The van der Waals surface area contributed by atoms with Crippen LogP contribution in [-0.4, -0.2) is 35.7 Å². The van der Waals surface area contributed by atoms with Crippen molar-refractivity contribution < 1.29 is 14.3 Å². The van der Waals surface area contributed by atoms with Crippen LogP contribution in [0, 0.1) is 5.92 Å². The van der Waals surface area contributed by atoms with Gasteiger partial charge in [0, 0.05) is 6.61 Å². The Balaban J connectivity index is 1.75. The molecule has 7 heteroatoms. The highest BCUT2D eigenvalue weighted by Crippen LogP contribution is 2.40. The Morgan fingerprint density at radius 3 is 3.05 bits per heavy atom. The largest absolute Gasteiger partial charge is 0.462 e. The third kappa shape index (κ3) is 2.60. The zero-order chi connectivity index (χ0) is 14.1. The second-order valence-electron chi connectivity index (χ2n) is 5.20. The fourth-order valence-electron chi connectivity index (χ4n) is 2.63. The van der Waals surface area contributed by atoms with Crippen molar-refractivity contribution in [1.29, 1.82) is 0 Å². The van der Waals surface area contributed by atoms with Gasteiger partial charge in [-0.05, 0) is 43.6 Å². The van der Waals surface area contributed by atoms with Gasteiger partial charge in [0.05, 0.1) is 18.8 Å². The summed E-state index contributed by atoms with van der Waals surface area (Å²) in [5, 5.41) is 4.09. The van der Waals surface area contributed by atoms with Gasteiger partial charge in [-0.2, -0.15) is 4.37 Å². The molecule has 2 fully saturated rings. The van der Waals surface area contributed by atoms with Crippen molar-refractivity contribution in [2.75, 3.05) is 24.3 Å².